The molecule has 162 valence electrons. The summed E-state index contributed by atoms with van der Waals surface area (Å²) in [7, 11) is 0. The monoisotopic (exact) mass is 424 g/mol. The quantitative estimate of drug-likeness (QED) is 0.570. The molecule has 0 radical (unpaired) electrons. The number of halogens is 1. The Morgan fingerprint density at radius 1 is 1.19 bits per heavy atom. The molecular weight excluding hydrogens is 399 g/mol. The van der Waals surface area contributed by atoms with E-state index in [0.717, 1.165) is 37.9 Å². The van der Waals surface area contributed by atoms with Crippen molar-refractivity contribution in [2.24, 2.45) is 0 Å². The van der Waals surface area contributed by atoms with Gasteiger partial charge in [0, 0.05) is 13.0 Å². The average Bonchev–Trinajstić information content (AvgIpc) is 3.23. The van der Waals surface area contributed by atoms with Gasteiger partial charge in [-0.25, -0.2) is 14.2 Å². The normalized spacial score (nSPS) is 16.9. The van der Waals surface area contributed by atoms with Crippen LogP contribution in [-0.2, 0) is 17.8 Å². The number of aliphatic carboxylic acids is 1. The summed E-state index contributed by atoms with van der Waals surface area (Å²) in [6, 6.07) is 14.2. The van der Waals surface area contributed by atoms with Crippen LogP contribution in [0.15, 0.2) is 59.1 Å². The number of aromatic nitrogens is 1. The van der Waals surface area contributed by atoms with E-state index >= 15 is 0 Å². The standard InChI is InChI=1S/C24H25FN2O4/c25-21-6-2-1-5-18(21)13-20-14-26-24(31-20)22-7-3-4-12-27(22)15-17-8-10-19(11-9-17)30-16-23(28)29/h1-2,5-6,8-11,14,22H,3-4,7,12-13,15-16H2,(H,28,29). The van der Waals surface area contributed by atoms with E-state index in [1.807, 2.05) is 18.2 Å². The minimum atomic E-state index is -0.999. The highest BCUT2D eigenvalue weighted by atomic mass is 19.1. The van der Waals surface area contributed by atoms with Crippen molar-refractivity contribution in [1.29, 1.82) is 0 Å². The number of carbonyl (C=O) groups is 1. The molecule has 4 rings (SSSR count). The maximum absolute atomic E-state index is 13.9. The van der Waals surface area contributed by atoms with Gasteiger partial charge in [-0.1, -0.05) is 36.8 Å². The molecule has 0 bridgehead atoms. The molecule has 7 heteroatoms. The minimum Gasteiger partial charge on any atom is -0.482 e. The van der Waals surface area contributed by atoms with Crippen molar-refractivity contribution >= 4 is 5.97 Å². The highest BCUT2D eigenvalue weighted by Crippen LogP contribution is 2.32. The fourth-order valence-electron chi connectivity index (χ4n) is 3.92. The minimum absolute atomic E-state index is 0.0751. The zero-order chi connectivity index (χ0) is 21.6. The topological polar surface area (TPSA) is 75.8 Å². The lowest BCUT2D eigenvalue weighted by atomic mass is 10.0. The molecule has 31 heavy (non-hydrogen) atoms. The van der Waals surface area contributed by atoms with E-state index in [1.165, 1.54) is 6.07 Å². The second kappa shape index (κ2) is 9.75. The number of oxazole rings is 1. The summed E-state index contributed by atoms with van der Waals surface area (Å²) in [5.74, 6) is 0.626. The van der Waals surface area contributed by atoms with Crippen LogP contribution in [0.25, 0.3) is 0 Å². The molecule has 2 aromatic carbocycles. The number of benzene rings is 2. The molecule has 2 heterocycles. The Hall–Kier alpha value is -3.19. The van der Waals surface area contributed by atoms with Gasteiger partial charge in [0.05, 0.1) is 12.2 Å². The van der Waals surface area contributed by atoms with Crippen LogP contribution in [0.3, 0.4) is 0 Å². The molecule has 0 spiro atoms. The number of hydrogen-bond acceptors (Lipinski definition) is 5. The molecule has 0 aliphatic carbocycles. The largest absolute Gasteiger partial charge is 0.482 e. The molecule has 1 N–H and O–H groups in total. The highest BCUT2D eigenvalue weighted by molar-refractivity contribution is 5.68. The molecule has 6 nitrogen and oxygen atoms in total. The number of likely N-dealkylation sites (tertiary alicyclic amines) is 1. The van der Waals surface area contributed by atoms with Crippen molar-refractivity contribution in [2.75, 3.05) is 13.2 Å². The molecule has 0 amide bonds. The van der Waals surface area contributed by atoms with Crippen molar-refractivity contribution in [2.45, 2.75) is 38.3 Å². The molecule has 0 saturated carbocycles. The van der Waals surface area contributed by atoms with Crippen molar-refractivity contribution in [3.63, 3.8) is 0 Å². The molecule has 3 aromatic rings. The first-order valence-corrected chi connectivity index (χ1v) is 10.4. The van der Waals surface area contributed by atoms with E-state index in [1.54, 1.807) is 30.5 Å². The summed E-state index contributed by atoms with van der Waals surface area (Å²) >= 11 is 0. The van der Waals surface area contributed by atoms with E-state index in [2.05, 4.69) is 9.88 Å². The van der Waals surface area contributed by atoms with Gasteiger partial charge < -0.3 is 14.3 Å². The summed E-state index contributed by atoms with van der Waals surface area (Å²) < 4.78 is 25.2. The molecule has 1 aliphatic heterocycles. The Morgan fingerprint density at radius 3 is 2.77 bits per heavy atom. The van der Waals surface area contributed by atoms with E-state index in [0.29, 0.717) is 29.4 Å². The van der Waals surface area contributed by atoms with Gasteiger partial charge in [-0.3, -0.25) is 4.90 Å². The second-order valence-corrected chi connectivity index (χ2v) is 7.74. The summed E-state index contributed by atoms with van der Waals surface area (Å²) in [4.78, 5) is 17.5. The lowest BCUT2D eigenvalue weighted by Crippen LogP contribution is -2.33. The fourth-order valence-corrected chi connectivity index (χ4v) is 3.92. The first-order chi connectivity index (χ1) is 15.1. The highest BCUT2D eigenvalue weighted by Gasteiger charge is 2.28. The number of carboxylic acids is 1. The maximum atomic E-state index is 13.9. The van der Waals surface area contributed by atoms with E-state index in [9.17, 15) is 9.18 Å². The second-order valence-electron chi connectivity index (χ2n) is 7.74. The Kier molecular flexibility index (Phi) is 6.62. The fraction of sp³-hybridized carbons (Fsp3) is 0.333. The van der Waals surface area contributed by atoms with E-state index < -0.39 is 5.97 Å². The molecule has 1 atom stereocenters. The maximum Gasteiger partial charge on any atom is 0.341 e. The van der Waals surface area contributed by atoms with Crippen molar-refractivity contribution in [3.05, 3.63) is 83.3 Å². The molecule has 1 aliphatic rings. The van der Waals surface area contributed by atoms with Gasteiger partial charge >= 0.3 is 5.97 Å². The SMILES string of the molecule is O=C(O)COc1ccc(CN2CCCCC2c2ncc(Cc3ccccc3F)o2)cc1. The zero-order valence-corrected chi connectivity index (χ0v) is 17.2. The first-order valence-electron chi connectivity index (χ1n) is 10.4. The van der Waals surface area contributed by atoms with E-state index in [4.69, 9.17) is 14.3 Å². The number of rotatable bonds is 8. The third-order valence-electron chi connectivity index (χ3n) is 5.46. The predicted molar refractivity (Wildman–Crippen MR) is 112 cm³/mol. The summed E-state index contributed by atoms with van der Waals surface area (Å²) in [5.41, 5.74) is 1.70. The van der Waals surface area contributed by atoms with Gasteiger partial charge in [0.2, 0.25) is 5.89 Å². The van der Waals surface area contributed by atoms with Crippen LogP contribution in [0, 0.1) is 5.82 Å². The van der Waals surface area contributed by atoms with Gasteiger partial charge in [0.25, 0.3) is 0 Å². The van der Waals surface area contributed by atoms with Gasteiger partial charge in [-0.15, -0.1) is 0 Å². The van der Waals surface area contributed by atoms with Crippen LogP contribution in [0.1, 0.15) is 48.1 Å². The number of hydrogen-bond donors (Lipinski definition) is 1. The average molecular weight is 424 g/mol. The molecular formula is C24H25FN2O4. The number of ether oxygens (including phenoxy) is 1. The lowest BCUT2D eigenvalue weighted by molar-refractivity contribution is -0.139. The van der Waals surface area contributed by atoms with Gasteiger partial charge in [0.1, 0.15) is 17.3 Å². The third kappa shape index (κ3) is 5.49. The van der Waals surface area contributed by atoms with Crippen molar-refractivity contribution in [3.8, 4) is 5.75 Å². The molecule has 1 saturated heterocycles. The lowest BCUT2D eigenvalue weighted by Gasteiger charge is -2.33. The molecule has 1 aromatic heterocycles. The molecule has 1 fully saturated rings. The van der Waals surface area contributed by atoms with Crippen LogP contribution in [0.5, 0.6) is 5.75 Å². The van der Waals surface area contributed by atoms with Crippen LogP contribution in [0.2, 0.25) is 0 Å². The predicted octanol–water partition coefficient (Wildman–Crippen LogP) is 4.60. The van der Waals surface area contributed by atoms with Crippen LogP contribution < -0.4 is 4.74 Å². The number of carboxylic acid groups (broad SMARTS) is 1. The Labute approximate surface area is 180 Å². The van der Waals surface area contributed by atoms with Gasteiger partial charge in [-0.05, 0) is 48.7 Å². The zero-order valence-electron chi connectivity index (χ0n) is 17.2. The number of nitrogens with zero attached hydrogens (tertiary/aromatic N) is 2. The Morgan fingerprint density at radius 2 is 2.00 bits per heavy atom. The van der Waals surface area contributed by atoms with Gasteiger partial charge in [-0.2, -0.15) is 0 Å². The summed E-state index contributed by atoms with van der Waals surface area (Å²) in [5, 5.41) is 8.72. The van der Waals surface area contributed by atoms with Crippen molar-refractivity contribution < 1.29 is 23.4 Å². The third-order valence-corrected chi connectivity index (χ3v) is 5.46. The van der Waals surface area contributed by atoms with Crippen LogP contribution in [0.4, 0.5) is 4.39 Å². The van der Waals surface area contributed by atoms with Gasteiger partial charge in [0.15, 0.2) is 6.61 Å². The first kappa shape index (κ1) is 21.1. The number of piperidine rings is 1. The van der Waals surface area contributed by atoms with Crippen molar-refractivity contribution in [1.82, 2.24) is 9.88 Å². The summed E-state index contributed by atoms with van der Waals surface area (Å²) in [6.07, 6.45) is 5.25. The van der Waals surface area contributed by atoms with Crippen LogP contribution in [-0.4, -0.2) is 34.1 Å². The Bertz CT molecular complexity index is 1020. The smallest absolute Gasteiger partial charge is 0.341 e. The summed E-state index contributed by atoms with van der Waals surface area (Å²) in [6.45, 7) is 1.31. The van der Waals surface area contributed by atoms with Crippen LogP contribution >= 0.6 is 0 Å². The molecule has 1 unspecified atom stereocenters. The van der Waals surface area contributed by atoms with E-state index in [-0.39, 0.29) is 18.5 Å². The Balaban J connectivity index is 1.42.